The molecule has 3 rings (SSSR count). The molecule has 0 saturated carbocycles. The highest BCUT2D eigenvalue weighted by Gasteiger charge is 2.16. The number of nitrogens with zero attached hydrogens (tertiary/aromatic N) is 5. The average molecular weight is 364 g/mol. The normalized spacial score (nSPS) is 14.6. The van der Waals surface area contributed by atoms with Crippen molar-refractivity contribution in [2.45, 2.75) is 26.6 Å². The number of hydrogen-bond donors (Lipinski definition) is 1. The first kappa shape index (κ1) is 17.7. The van der Waals surface area contributed by atoms with Crippen molar-refractivity contribution in [2.75, 3.05) is 38.3 Å². The number of carbonyl (C=O) groups is 1. The van der Waals surface area contributed by atoms with Gasteiger partial charge < -0.3 is 24.4 Å². The van der Waals surface area contributed by atoms with Gasteiger partial charge in [-0.15, -0.1) is 11.3 Å². The van der Waals surface area contributed by atoms with Crippen molar-refractivity contribution in [3.8, 4) is 0 Å². The first-order valence-corrected chi connectivity index (χ1v) is 9.31. The van der Waals surface area contributed by atoms with Crippen LogP contribution in [0.25, 0.3) is 0 Å². The second kappa shape index (κ2) is 8.30. The zero-order valence-corrected chi connectivity index (χ0v) is 15.5. The largest absolute Gasteiger partial charge is 0.378 e. The maximum Gasteiger partial charge on any atom is 0.317 e. The molecule has 136 valence electrons. The Kier molecular flexibility index (Phi) is 5.87. The predicted octanol–water partition coefficient (Wildman–Crippen LogP) is 1.54. The molecule has 2 aromatic heterocycles. The second-order valence-electron chi connectivity index (χ2n) is 5.87. The lowest BCUT2D eigenvalue weighted by atomic mass is 10.4. The Hall–Kier alpha value is -2.13. The molecule has 0 aromatic carbocycles. The topological polar surface area (TPSA) is 75.5 Å². The van der Waals surface area contributed by atoms with Crippen LogP contribution < -0.4 is 10.2 Å². The van der Waals surface area contributed by atoms with E-state index < -0.39 is 0 Å². The minimum atomic E-state index is -0.133. The summed E-state index contributed by atoms with van der Waals surface area (Å²) in [5, 5.41) is 5.90. The zero-order chi connectivity index (χ0) is 17.6. The smallest absolute Gasteiger partial charge is 0.317 e. The van der Waals surface area contributed by atoms with Gasteiger partial charge in [-0.1, -0.05) is 0 Å². The number of aryl methyl sites for hydroxylation is 1. The maximum absolute atomic E-state index is 12.3. The minimum absolute atomic E-state index is 0.133. The molecule has 25 heavy (non-hydrogen) atoms. The molecule has 0 aliphatic carbocycles. The number of imidazole rings is 1. The SMILES string of the molecule is CCn1ccnc1CN(C)C(=O)NCc1csc(N2CCOCC2)n1. The number of ether oxygens (including phenoxy) is 1. The van der Waals surface area contributed by atoms with Crippen LogP contribution in [0.4, 0.5) is 9.93 Å². The van der Waals surface area contributed by atoms with Crippen LogP contribution >= 0.6 is 11.3 Å². The van der Waals surface area contributed by atoms with E-state index in [0.29, 0.717) is 13.1 Å². The molecule has 0 spiro atoms. The summed E-state index contributed by atoms with van der Waals surface area (Å²) >= 11 is 1.61. The lowest BCUT2D eigenvalue weighted by Gasteiger charge is -2.26. The van der Waals surface area contributed by atoms with E-state index >= 15 is 0 Å². The van der Waals surface area contributed by atoms with Crippen LogP contribution in [-0.4, -0.2) is 58.8 Å². The predicted molar refractivity (Wildman–Crippen MR) is 96.7 cm³/mol. The fourth-order valence-corrected chi connectivity index (χ4v) is 3.52. The molecule has 2 amide bonds. The monoisotopic (exact) mass is 364 g/mol. The summed E-state index contributed by atoms with van der Waals surface area (Å²) in [7, 11) is 1.77. The summed E-state index contributed by atoms with van der Waals surface area (Å²) in [4.78, 5) is 25.0. The van der Waals surface area contributed by atoms with Gasteiger partial charge >= 0.3 is 6.03 Å². The van der Waals surface area contributed by atoms with Crippen molar-refractivity contribution < 1.29 is 9.53 Å². The van der Waals surface area contributed by atoms with Gasteiger partial charge in [0.15, 0.2) is 5.13 Å². The molecule has 1 N–H and O–H groups in total. The van der Waals surface area contributed by atoms with Crippen LogP contribution in [0, 0.1) is 0 Å². The van der Waals surface area contributed by atoms with Gasteiger partial charge in [0.1, 0.15) is 5.82 Å². The van der Waals surface area contributed by atoms with Gasteiger partial charge in [-0.25, -0.2) is 14.8 Å². The van der Waals surface area contributed by atoms with Crippen LogP contribution in [0.5, 0.6) is 0 Å². The Morgan fingerprint density at radius 2 is 2.24 bits per heavy atom. The van der Waals surface area contributed by atoms with Crippen LogP contribution in [0.2, 0.25) is 0 Å². The van der Waals surface area contributed by atoms with Crippen molar-refractivity contribution in [1.29, 1.82) is 0 Å². The first-order chi connectivity index (χ1) is 12.2. The Morgan fingerprint density at radius 1 is 1.44 bits per heavy atom. The van der Waals surface area contributed by atoms with Crippen LogP contribution in [0.3, 0.4) is 0 Å². The molecule has 1 aliphatic rings. The third-order valence-electron chi connectivity index (χ3n) is 4.11. The number of anilines is 1. The molecule has 2 aromatic rings. The Labute approximate surface area is 151 Å². The summed E-state index contributed by atoms with van der Waals surface area (Å²) < 4.78 is 7.39. The number of rotatable bonds is 6. The fourth-order valence-electron chi connectivity index (χ4n) is 2.64. The lowest BCUT2D eigenvalue weighted by molar-refractivity contribution is 0.122. The summed E-state index contributed by atoms with van der Waals surface area (Å²) in [6.07, 6.45) is 3.68. The second-order valence-corrected chi connectivity index (χ2v) is 6.70. The third-order valence-corrected chi connectivity index (χ3v) is 5.06. The van der Waals surface area contributed by atoms with Crippen molar-refractivity contribution in [3.05, 3.63) is 29.3 Å². The molecular formula is C16H24N6O2S. The summed E-state index contributed by atoms with van der Waals surface area (Å²) in [5.74, 6) is 0.878. The van der Waals surface area contributed by atoms with Gasteiger partial charge in [0.2, 0.25) is 0 Å². The number of thiazole rings is 1. The molecular weight excluding hydrogens is 340 g/mol. The third kappa shape index (κ3) is 4.49. The molecule has 3 heterocycles. The highest BCUT2D eigenvalue weighted by Crippen LogP contribution is 2.21. The van der Waals surface area contributed by atoms with E-state index in [2.05, 4.69) is 27.1 Å². The van der Waals surface area contributed by atoms with Crippen LogP contribution in [0.1, 0.15) is 18.4 Å². The zero-order valence-electron chi connectivity index (χ0n) is 14.6. The highest BCUT2D eigenvalue weighted by molar-refractivity contribution is 7.13. The van der Waals surface area contributed by atoms with E-state index in [0.717, 1.165) is 49.5 Å². The minimum Gasteiger partial charge on any atom is -0.378 e. The summed E-state index contributed by atoms with van der Waals surface area (Å²) in [5.41, 5.74) is 0.878. The van der Waals surface area contributed by atoms with Gasteiger partial charge in [0.05, 0.1) is 32.0 Å². The average Bonchev–Trinajstić information content (AvgIpc) is 3.29. The molecule has 1 fully saturated rings. The van der Waals surface area contributed by atoms with Crippen LogP contribution in [-0.2, 0) is 24.4 Å². The van der Waals surface area contributed by atoms with E-state index in [9.17, 15) is 4.79 Å². The summed E-state index contributed by atoms with van der Waals surface area (Å²) in [6, 6.07) is -0.133. The molecule has 8 nitrogen and oxygen atoms in total. The molecule has 1 saturated heterocycles. The fraction of sp³-hybridized carbons (Fsp3) is 0.562. The molecule has 0 unspecified atom stereocenters. The van der Waals surface area contributed by atoms with Crippen molar-refractivity contribution in [2.24, 2.45) is 0 Å². The molecule has 1 aliphatic heterocycles. The van der Waals surface area contributed by atoms with Gasteiger partial charge in [-0.05, 0) is 6.92 Å². The number of aromatic nitrogens is 3. The number of urea groups is 1. The van der Waals surface area contributed by atoms with E-state index in [-0.39, 0.29) is 6.03 Å². The van der Waals surface area contributed by atoms with E-state index in [4.69, 9.17) is 4.74 Å². The van der Waals surface area contributed by atoms with Gasteiger partial charge in [0, 0.05) is 44.5 Å². The van der Waals surface area contributed by atoms with Crippen molar-refractivity contribution >= 4 is 22.5 Å². The van der Waals surface area contributed by atoms with E-state index in [1.54, 1.807) is 29.5 Å². The number of carbonyl (C=O) groups excluding carboxylic acids is 1. The lowest BCUT2D eigenvalue weighted by Crippen LogP contribution is -2.37. The van der Waals surface area contributed by atoms with Gasteiger partial charge in [0.25, 0.3) is 0 Å². The Balaban J connectivity index is 1.49. The number of amides is 2. The number of morpholine rings is 1. The highest BCUT2D eigenvalue weighted by atomic mass is 32.1. The molecule has 0 atom stereocenters. The molecule has 0 radical (unpaired) electrons. The molecule has 9 heteroatoms. The van der Waals surface area contributed by atoms with Crippen LogP contribution in [0.15, 0.2) is 17.8 Å². The first-order valence-electron chi connectivity index (χ1n) is 8.43. The van der Waals surface area contributed by atoms with Crippen molar-refractivity contribution in [3.63, 3.8) is 0 Å². The standard InChI is InChI=1S/C16H24N6O2S/c1-3-21-5-4-17-14(21)11-20(2)15(23)18-10-13-12-25-16(19-13)22-6-8-24-9-7-22/h4-5,12H,3,6-11H2,1-2H3,(H,18,23). The van der Waals surface area contributed by atoms with E-state index in [1.165, 1.54) is 0 Å². The van der Waals surface area contributed by atoms with Gasteiger partial charge in [-0.3, -0.25) is 0 Å². The Morgan fingerprint density at radius 3 is 3.00 bits per heavy atom. The summed E-state index contributed by atoms with van der Waals surface area (Å²) in [6.45, 7) is 7.01. The quantitative estimate of drug-likeness (QED) is 0.841. The Bertz CT molecular complexity index is 694. The van der Waals surface area contributed by atoms with Crippen molar-refractivity contribution in [1.82, 2.24) is 24.8 Å². The van der Waals surface area contributed by atoms with E-state index in [1.807, 2.05) is 16.1 Å². The molecule has 0 bridgehead atoms. The number of nitrogens with one attached hydrogen (secondary N) is 1. The number of hydrogen-bond acceptors (Lipinski definition) is 6. The maximum atomic E-state index is 12.3. The van der Waals surface area contributed by atoms with Gasteiger partial charge in [-0.2, -0.15) is 0 Å².